The highest BCUT2D eigenvalue weighted by atomic mass is 16.5. The molecule has 0 radical (unpaired) electrons. The Balaban J connectivity index is 1.04. The highest BCUT2D eigenvalue weighted by molar-refractivity contribution is 6.12. The van der Waals surface area contributed by atoms with Gasteiger partial charge in [-0.2, -0.15) is 0 Å². The van der Waals surface area contributed by atoms with Crippen LogP contribution in [0.5, 0.6) is 0 Å². The second-order valence-electron chi connectivity index (χ2n) is 21.7. The number of fused-ring (bicyclic) bond motifs is 2. The number of benzene rings is 2. The average molecular weight is 1040 g/mol. The smallest absolute Gasteiger partial charge is 0.253 e. The van der Waals surface area contributed by atoms with Gasteiger partial charge in [-0.05, 0) is 86.0 Å². The normalized spacial score (nSPS) is 21.9. The molecule has 0 spiro atoms. The maximum Gasteiger partial charge on any atom is 0.253 e. The number of likely N-dealkylation sites (N-methyl/N-ethyl adjacent to an activating group) is 1. The van der Waals surface area contributed by atoms with Crippen LogP contribution in [0.15, 0.2) is 66.7 Å². The number of amides is 7. The van der Waals surface area contributed by atoms with Gasteiger partial charge in [0.05, 0.1) is 42.7 Å². The van der Waals surface area contributed by atoms with Gasteiger partial charge in [-0.25, -0.2) is 0 Å². The minimum absolute atomic E-state index is 0.000602. The molecular weight excluding hydrogens is 955 g/mol. The lowest BCUT2D eigenvalue weighted by Crippen LogP contribution is -2.55. The molecule has 1 saturated carbocycles. The summed E-state index contributed by atoms with van der Waals surface area (Å²) in [5, 5.41) is 12.4. The summed E-state index contributed by atoms with van der Waals surface area (Å²) in [4.78, 5) is 112. The van der Waals surface area contributed by atoms with Gasteiger partial charge in [-0.1, -0.05) is 89.9 Å². The number of hydrogen-bond donors (Lipinski definition) is 4. The number of piperidine rings is 1. The summed E-state index contributed by atoms with van der Waals surface area (Å²) in [6.07, 6.45) is 9.00. The van der Waals surface area contributed by atoms with Gasteiger partial charge in [0.15, 0.2) is 5.78 Å². The van der Waals surface area contributed by atoms with Crippen LogP contribution in [0.3, 0.4) is 0 Å². The lowest BCUT2D eigenvalue weighted by molar-refractivity contribution is -0.149. The van der Waals surface area contributed by atoms with E-state index >= 15 is 0 Å². The van der Waals surface area contributed by atoms with Gasteiger partial charge >= 0.3 is 0 Å². The number of carbonyl (C=O) groups is 8. The number of hydrogen-bond acceptors (Lipinski definition) is 11. The van der Waals surface area contributed by atoms with Crippen LogP contribution in [0.1, 0.15) is 123 Å². The van der Waals surface area contributed by atoms with Crippen LogP contribution in [0.2, 0.25) is 0 Å². The van der Waals surface area contributed by atoms with E-state index in [1.807, 2.05) is 44.2 Å². The van der Waals surface area contributed by atoms with E-state index in [0.717, 1.165) is 36.8 Å². The predicted molar refractivity (Wildman–Crippen MR) is 285 cm³/mol. The molecule has 6 rings (SSSR count). The summed E-state index contributed by atoms with van der Waals surface area (Å²) in [6.45, 7) is 10.9. The van der Waals surface area contributed by atoms with Crippen LogP contribution in [-0.2, 0) is 60.8 Å². The molecule has 1 aliphatic carbocycles. The van der Waals surface area contributed by atoms with Crippen LogP contribution in [-0.4, -0.2) is 139 Å². The molecule has 17 nitrogen and oxygen atoms in total. The molecule has 410 valence electrons. The van der Waals surface area contributed by atoms with Crippen molar-refractivity contribution in [2.75, 3.05) is 39.7 Å². The summed E-state index contributed by atoms with van der Waals surface area (Å²) >= 11 is 0. The zero-order valence-electron chi connectivity index (χ0n) is 45.5. The lowest BCUT2D eigenvalue weighted by atomic mass is 9.83. The van der Waals surface area contributed by atoms with Crippen molar-refractivity contribution in [1.82, 2.24) is 30.7 Å². The number of nitrogens with zero attached hydrogens (tertiary/aromatic N) is 3. The monoisotopic (exact) mass is 1040 g/mol. The van der Waals surface area contributed by atoms with E-state index in [0.29, 0.717) is 69.3 Å². The number of ether oxygens (including phenoxy) is 2. The largest absolute Gasteiger partial charge is 0.379 e. The van der Waals surface area contributed by atoms with Gasteiger partial charge in [0, 0.05) is 90.0 Å². The minimum atomic E-state index is -0.962. The number of anilines is 1. The first kappa shape index (κ1) is 58.5. The molecule has 7 amide bonds. The second-order valence-corrected chi connectivity index (χ2v) is 21.7. The number of imide groups is 1. The molecule has 2 aromatic rings. The van der Waals surface area contributed by atoms with Crippen LogP contribution in [0, 0.1) is 29.6 Å². The fourth-order valence-electron chi connectivity index (χ4n) is 11.7. The van der Waals surface area contributed by atoms with E-state index in [2.05, 4.69) is 35.1 Å². The van der Waals surface area contributed by atoms with Crippen LogP contribution >= 0.6 is 0 Å². The molecule has 4 aliphatic rings. The molecule has 3 aliphatic heterocycles. The zero-order chi connectivity index (χ0) is 54.3. The Kier molecular flexibility index (Phi) is 21.7. The number of rotatable bonds is 29. The van der Waals surface area contributed by atoms with Gasteiger partial charge in [-0.3, -0.25) is 43.3 Å². The molecule has 17 heteroatoms. The van der Waals surface area contributed by atoms with E-state index in [9.17, 15) is 38.4 Å². The van der Waals surface area contributed by atoms with Crippen molar-refractivity contribution >= 4 is 52.8 Å². The molecule has 0 unspecified atom stereocenters. The molecule has 3 fully saturated rings. The molecule has 75 heavy (non-hydrogen) atoms. The summed E-state index contributed by atoms with van der Waals surface area (Å²) in [7, 11) is 4.88. The van der Waals surface area contributed by atoms with E-state index in [-0.39, 0.29) is 79.0 Å². The Bertz CT molecular complexity index is 2310. The number of methoxy groups -OCH3 is 2. The van der Waals surface area contributed by atoms with Crippen molar-refractivity contribution in [3.8, 4) is 0 Å². The maximum absolute atomic E-state index is 14.5. The third kappa shape index (κ3) is 15.4. The number of unbranched alkanes of at least 4 members (excludes halogenated alkanes) is 2. The fraction of sp³-hybridized carbons (Fsp3) is 0.621. The number of Topliss-reactive ketones (excluding diaryl/α,β-unsaturated/α-hetero) is 1. The molecule has 2 saturated heterocycles. The number of nitrogens with one attached hydrogen (secondary N) is 4. The van der Waals surface area contributed by atoms with Gasteiger partial charge in [0.2, 0.25) is 29.5 Å². The Morgan fingerprint density at radius 3 is 2.15 bits per heavy atom. The summed E-state index contributed by atoms with van der Waals surface area (Å²) < 4.78 is 12.2. The van der Waals surface area contributed by atoms with Gasteiger partial charge in [0.25, 0.3) is 11.8 Å². The van der Waals surface area contributed by atoms with Crippen LogP contribution < -0.4 is 21.3 Å². The molecule has 2 bridgehead atoms. The Hall–Kier alpha value is -5.78. The van der Waals surface area contributed by atoms with E-state index in [1.165, 1.54) is 24.2 Å². The first-order chi connectivity index (χ1) is 35.9. The first-order valence-corrected chi connectivity index (χ1v) is 27.4. The van der Waals surface area contributed by atoms with Gasteiger partial charge < -0.3 is 40.5 Å². The number of carbonyl (C=O) groups excluding carboxylic acids is 8. The minimum Gasteiger partial charge on any atom is -0.379 e. The van der Waals surface area contributed by atoms with Crippen molar-refractivity contribution in [2.45, 2.75) is 167 Å². The Labute approximate surface area is 444 Å². The summed E-state index contributed by atoms with van der Waals surface area (Å²) in [5.74, 6) is -2.79. The van der Waals surface area contributed by atoms with Crippen molar-refractivity contribution in [1.29, 1.82) is 0 Å². The lowest BCUT2D eigenvalue weighted by Gasteiger charge is -2.41. The van der Waals surface area contributed by atoms with Gasteiger partial charge in [-0.15, -0.1) is 0 Å². The van der Waals surface area contributed by atoms with Crippen molar-refractivity contribution in [3.63, 3.8) is 0 Å². The topological polar surface area (TPSA) is 213 Å². The molecule has 2 aromatic carbocycles. The highest BCUT2D eigenvalue weighted by Crippen LogP contribution is 2.37. The standard InChI is InChI=1S/C58H83N7O10/c1-9-37(4)54(63(6)58(73)44(36(2)3)33-47(66)53-41-23-26-43(32-41)60-53)48(74-7)34-52(70)64-30-16-19-46(64)55(75-8)38(5)56(71)62-45(31-39-17-12-10-13-18-39)57(72)61-42-24-21-40(22-25-42)35-59-49(67)20-14-11-15-29-65-50(68)27-28-51(65)69/h10,12-13,17-18,21-22,24-25,27-28,36-38,41,43-46,48,53-55,60H,9,11,14-16,19-20,23,26,29-35H2,1-8H3,(H,59,67)(H,61,72)(H,62,71)/t37-,38+,41-,43+,44-,45-,46-,48+,53-,54-,55+/m0/s1. The van der Waals surface area contributed by atoms with Crippen LogP contribution in [0.25, 0.3) is 0 Å². The third-order valence-electron chi connectivity index (χ3n) is 16.3. The van der Waals surface area contributed by atoms with Crippen molar-refractivity contribution < 1.29 is 47.8 Å². The fourth-order valence-corrected chi connectivity index (χ4v) is 11.7. The predicted octanol–water partition coefficient (Wildman–Crippen LogP) is 5.75. The van der Waals surface area contributed by atoms with Crippen molar-refractivity contribution in [3.05, 3.63) is 77.9 Å². The Morgan fingerprint density at radius 1 is 0.827 bits per heavy atom. The van der Waals surface area contributed by atoms with Crippen LogP contribution in [0.4, 0.5) is 5.69 Å². The number of likely N-dealkylation sites (tertiary alicyclic amines) is 1. The third-order valence-corrected chi connectivity index (χ3v) is 16.3. The highest BCUT2D eigenvalue weighted by Gasteiger charge is 2.46. The molecular formula is C58H83N7O10. The number of ketones is 1. The first-order valence-electron chi connectivity index (χ1n) is 27.4. The SMILES string of the molecule is CC[C@H](C)[C@@H]([C@@H](CC(=O)N1CCC[C@H]1[C@H](OC)[C@@H](C)C(=O)N[C@@H](Cc1ccccc1)C(=O)Nc1ccc(CNC(=O)CCCCCN2C(=O)C=CC2=O)cc1)OC)N(C)C(=O)[C@@H](CC(=O)[C@H]1N[C@@H]2CC[C@H]1C2)C(C)C. The molecule has 4 N–H and O–H groups in total. The van der Waals surface area contributed by atoms with E-state index < -0.39 is 54.0 Å². The molecule has 0 aromatic heterocycles. The van der Waals surface area contributed by atoms with E-state index in [4.69, 9.17) is 9.47 Å². The summed E-state index contributed by atoms with van der Waals surface area (Å²) in [6, 6.07) is 14.8. The second kappa shape index (κ2) is 27.8. The molecule has 11 atom stereocenters. The quantitative estimate of drug-likeness (QED) is 0.0570. The van der Waals surface area contributed by atoms with Gasteiger partial charge in [0.1, 0.15) is 6.04 Å². The Morgan fingerprint density at radius 2 is 1.53 bits per heavy atom. The van der Waals surface area contributed by atoms with E-state index in [1.54, 1.807) is 55.1 Å². The van der Waals surface area contributed by atoms with Crippen molar-refractivity contribution in [2.24, 2.45) is 29.6 Å². The average Bonchev–Trinajstić information content (AvgIpc) is 4.24. The zero-order valence-corrected chi connectivity index (χ0v) is 45.5. The maximum atomic E-state index is 14.5. The summed E-state index contributed by atoms with van der Waals surface area (Å²) in [5.41, 5.74) is 2.18. The molecule has 3 heterocycles.